The molecule has 4 rings (SSSR count). The van der Waals surface area contributed by atoms with Gasteiger partial charge in [-0.15, -0.1) is 0 Å². The van der Waals surface area contributed by atoms with E-state index in [2.05, 4.69) is 10.3 Å². The van der Waals surface area contributed by atoms with Gasteiger partial charge in [0.1, 0.15) is 5.82 Å². The van der Waals surface area contributed by atoms with Gasteiger partial charge in [0.2, 0.25) is 5.91 Å². The molecule has 1 amide bonds. The fraction of sp³-hybridized carbons (Fsp3) is 0.250. The summed E-state index contributed by atoms with van der Waals surface area (Å²) in [5.74, 6) is 0.522. The molecular weight excluding hydrogens is 350 g/mol. The summed E-state index contributed by atoms with van der Waals surface area (Å²) in [7, 11) is 0. The van der Waals surface area contributed by atoms with E-state index in [1.54, 1.807) is 22.8 Å². The van der Waals surface area contributed by atoms with Crippen molar-refractivity contribution in [3.8, 4) is 0 Å². The summed E-state index contributed by atoms with van der Waals surface area (Å²) in [6.07, 6.45) is 2.62. The van der Waals surface area contributed by atoms with E-state index in [0.29, 0.717) is 33.9 Å². The summed E-state index contributed by atoms with van der Waals surface area (Å²) >= 11 is 6.07. The zero-order chi connectivity index (χ0) is 18.1. The van der Waals surface area contributed by atoms with Gasteiger partial charge >= 0.3 is 0 Å². The topological polar surface area (TPSA) is 64.0 Å². The minimum Gasteiger partial charge on any atom is -0.325 e. The molecule has 1 N–H and O–H groups in total. The minimum absolute atomic E-state index is 0.0142. The van der Waals surface area contributed by atoms with Crippen LogP contribution in [0.3, 0.4) is 0 Å². The summed E-state index contributed by atoms with van der Waals surface area (Å²) in [6, 6.07) is 14.7. The lowest BCUT2D eigenvalue weighted by molar-refractivity contribution is -0.116. The van der Waals surface area contributed by atoms with Gasteiger partial charge in [-0.25, -0.2) is 4.98 Å². The van der Waals surface area contributed by atoms with Crippen molar-refractivity contribution in [2.45, 2.75) is 31.7 Å². The predicted octanol–water partition coefficient (Wildman–Crippen LogP) is 3.96. The van der Waals surface area contributed by atoms with Crippen LogP contribution in [0.25, 0.3) is 10.9 Å². The van der Waals surface area contributed by atoms with Gasteiger partial charge in [0.05, 0.1) is 21.6 Å². The van der Waals surface area contributed by atoms with Gasteiger partial charge in [-0.05, 0) is 37.1 Å². The SMILES string of the molecule is O=C(CCc1nc2ccccc2c(=O)n1C1CC1)Nc1ccccc1Cl. The van der Waals surface area contributed by atoms with Crippen molar-refractivity contribution in [1.82, 2.24) is 9.55 Å². The number of halogens is 1. The first-order chi connectivity index (χ1) is 12.6. The number of para-hydroxylation sites is 2. The number of fused-ring (bicyclic) bond motifs is 1. The molecule has 1 saturated carbocycles. The molecule has 0 bridgehead atoms. The van der Waals surface area contributed by atoms with Gasteiger partial charge in [0.15, 0.2) is 0 Å². The molecule has 1 aliphatic rings. The lowest BCUT2D eigenvalue weighted by Gasteiger charge is -2.13. The molecule has 132 valence electrons. The second-order valence-electron chi connectivity index (χ2n) is 6.48. The van der Waals surface area contributed by atoms with Crippen molar-refractivity contribution in [1.29, 1.82) is 0 Å². The molecule has 5 nitrogen and oxygen atoms in total. The molecule has 1 fully saturated rings. The van der Waals surface area contributed by atoms with E-state index >= 15 is 0 Å². The largest absolute Gasteiger partial charge is 0.325 e. The summed E-state index contributed by atoms with van der Waals surface area (Å²) in [4.78, 5) is 29.8. The second-order valence-corrected chi connectivity index (χ2v) is 6.89. The predicted molar refractivity (Wildman–Crippen MR) is 103 cm³/mol. The first-order valence-corrected chi connectivity index (χ1v) is 9.06. The fourth-order valence-electron chi connectivity index (χ4n) is 3.08. The second kappa shape index (κ2) is 6.92. The Morgan fingerprint density at radius 3 is 2.65 bits per heavy atom. The third kappa shape index (κ3) is 3.35. The maximum absolute atomic E-state index is 12.8. The highest BCUT2D eigenvalue weighted by Gasteiger charge is 2.28. The van der Waals surface area contributed by atoms with Gasteiger partial charge in [-0.3, -0.25) is 14.2 Å². The highest BCUT2D eigenvalue weighted by molar-refractivity contribution is 6.33. The Morgan fingerprint density at radius 1 is 1.15 bits per heavy atom. The Kier molecular flexibility index (Phi) is 4.47. The number of aromatic nitrogens is 2. The highest BCUT2D eigenvalue weighted by atomic mass is 35.5. The number of nitrogens with zero attached hydrogens (tertiary/aromatic N) is 2. The normalized spacial score (nSPS) is 13.7. The first-order valence-electron chi connectivity index (χ1n) is 8.68. The number of amides is 1. The Hall–Kier alpha value is -2.66. The molecule has 0 atom stereocenters. The molecule has 1 heterocycles. The molecule has 3 aromatic rings. The Balaban J connectivity index is 1.57. The number of nitrogens with one attached hydrogen (secondary N) is 1. The Labute approximate surface area is 155 Å². The number of hydrogen-bond acceptors (Lipinski definition) is 3. The summed E-state index contributed by atoms with van der Waals surface area (Å²) in [6.45, 7) is 0. The van der Waals surface area contributed by atoms with Crippen LogP contribution in [0.5, 0.6) is 0 Å². The molecule has 0 aliphatic heterocycles. The number of rotatable bonds is 5. The average Bonchev–Trinajstić information content (AvgIpc) is 3.47. The van der Waals surface area contributed by atoms with Gasteiger partial charge < -0.3 is 5.32 Å². The van der Waals surface area contributed by atoms with E-state index in [0.717, 1.165) is 12.8 Å². The number of carbonyl (C=O) groups is 1. The minimum atomic E-state index is -0.150. The first kappa shape index (κ1) is 16.8. The van der Waals surface area contributed by atoms with E-state index in [1.807, 2.05) is 30.3 Å². The van der Waals surface area contributed by atoms with E-state index in [9.17, 15) is 9.59 Å². The molecule has 0 unspecified atom stereocenters. The maximum atomic E-state index is 12.8. The van der Waals surface area contributed by atoms with Crippen LogP contribution in [0.2, 0.25) is 5.02 Å². The maximum Gasteiger partial charge on any atom is 0.261 e. The fourth-order valence-corrected chi connectivity index (χ4v) is 3.26. The molecule has 1 aliphatic carbocycles. The zero-order valence-corrected chi connectivity index (χ0v) is 14.9. The third-order valence-corrected chi connectivity index (χ3v) is 4.85. The van der Waals surface area contributed by atoms with Crippen LogP contribution in [0, 0.1) is 0 Å². The molecule has 0 spiro atoms. The molecule has 2 aromatic carbocycles. The number of aryl methyl sites for hydroxylation is 1. The summed E-state index contributed by atoms with van der Waals surface area (Å²) < 4.78 is 1.77. The Morgan fingerprint density at radius 2 is 1.88 bits per heavy atom. The van der Waals surface area contributed by atoms with Crippen molar-refractivity contribution in [2.75, 3.05) is 5.32 Å². The molecule has 0 radical (unpaired) electrons. The molecule has 1 aromatic heterocycles. The Bertz CT molecular complexity index is 1040. The van der Waals surface area contributed by atoms with Crippen LogP contribution in [0.4, 0.5) is 5.69 Å². The van der Waals surface area contributed by atoms with E-state index in [-0.39, 0.29) is 23.9 Å². The van der Waals surface area contributed by atoms with E-state index < -0.39 is 0 Å². The smallest absolute Gasteiger partial charge is 0.261 e. The molecule has 26 heavy (non-hydrogen) atoms. The average molecular weight is 368 g/mol. The van der Waals surface area contributed by atoms with Crippen LogP contribution in [-0.2, 0) is 11.2 Å². The van der Waals surface area contributed by atoms with Crippen LogP contribution in [-0.4, -0.2) is 15.5 Å². The van der Waals surface area contributed by atoms with Crippen LogP contribution in [0.15, 0.2) is 53.3 Å². The number of hydrogen-bond donors (Lipinski definition) is 1. The van der Waals surface area contributed by atoms with Gasteiger partial charge in [-0.1, -0.05) is 35.9 Å². The van der Waals surface area contributed by atoms with Crippen LogP contribution < -0.4 is 10.9 Å². The van der Waals surface area contributed by atoms with Crippen molar-refractivity contribution in [3.63, 3.8) is 0 Å². The van der Waals surface area contributed by atoms with E-state index in [4.69, 9.17) is 11.6 Å². The number of anilines is 1. The molecule has 0 saturated heterocycles. The quantitative estimate of drug-likeness (QED) is 0.742. The lowest BCUT2D eigenvalue weighted by Crippen LogP contribution is -2.25. The molecule has 6 heteroatoms. The zero-order valence-electron chi connectivity index (χ0n) is 14.1. The van der Waals surface area contributed by atoms with E-state index in [1.165, 1.54) is 0 Å². The van der Waals surface area contributed by atoms with Crippen molar-refractivity contribution in [3.05, 3.63) is 69.7 Å². The monoisotopic (exact) mass is 367 g/mol. The summed E-state index contributed by atoms with van der Waals surface area (Å²) in [5.41, 5.74) is 1.25. The standard InChI is InChI=1S/C20H18ClN3O2/c21-15-6-2-4-8-17(15)23-19(25)12-11-18-22-16-7-3-1-5-14(16)20(26)24(18)13-9-10-13/h1-8,13H,9-12H2,(H,23,25). The van der Waals surface area contributed by atoms with Crippen LogP contribution >= 0.6 is 11.6 Å². The number of benzene rings is 2. The lowest BCUT2D eigenvalue weighted by atomic mass is 10.2. The summed E-state index contributed by atoms with van der Waals surface area (Å²) in [5, 5.41) is 3.94. The molecular formula is C20H18ClN3O2. The van der Waals surface area contributed by atoms with Crippen molar-refractivity contribution < 1.29 is 4.79 Å². The van der Waals surface area contributed by atoms with Crippen LogP contribution in [0.1, 0.15) is 31.1 Å². The highest BCUT2D eigenvalue weighted by Crippen LogP contribution is 2.35. The van der Waals surface area contributed by atoms with Gasteiger partial charge in [0.25, 0.3) is 5.56 Å². The van der Waals surface area contributed by atoms with Gasteiger partial charge in [0, 0.05) is 18.9 Å². The van der Waals surface area contributed by atoms with Crippen molar-refractivity contribution in [2.24, 2.45) is 0 Å². The van der Waals surface area contributed by atoms with Gasteiger partial charge in [-0.2, -0.15) is 0 Å². The van der Waals surface area contributed by atoms with Crippen molar-refractivity contribution >= 4 is 34.1 Å². The number of carbonyl (C=O) groups excluding carboxylic acids is 1. The third-order valence-electron chi connectivity index (χ3n) is 4.52.